The van der Waals surface area contributed by atoms with Crippen molar-refractivity contribution in [2.24, 2.45) is 5.92 Å². The van der Waals surface area contributed by atoms with Crippen LogP contribution in [0.5, 0.6) is 5.75 Å². The summed E-state index contributed by atoms with van der Waals surface area (Å²) in [4.78, 5) is 2.33. The van der Waals surface area contributed by atoms with E-state index in [4.69, 9.17) is 11.6 Å². The second kappa shape index (κ2) is 6.76. The Morgan fingerprint density at radius 2 is 2.00 bits per heavy atom. The van der Waals surface area contributed by atoms with Crippen molar-refractivity contribution in [3.05, 3.63) is 28.3 Å². The molecule has 0 saturated carbocycles. The molecule has 1 aliphatic heterocycles. The Balaban J connectivity index is 2.05. The fourth-order valence-electron chi connectivity index (χ4n) is 2.63. The predicted molar refractivity (Wildman–Crippen MR) is 81.3 cm³/mol. The summed E-state index contributed by atoms with van der Waals surface area (Å²) in [6.07, 6.45) is -0.706. The Bertz CT molecular complexity index is 461. The molecule has 0 aromatic heterocycles. The zero-order valence-electron chi connectivity index (χ0n) is 12.1. The van der Waals surface area contributed by atoms with E-state index >= 15 is 0 Å². The van der Waals surface area contributed by atoms with Crippen molar-refractivity contribution in [2.45, 2.75) is 20.0 Å². The molecule has 0 radical (unpaired) electrons. The van der Waals surface area contributed by atoms with E-state index in [-0.39, 0.29) is 11.7 Å². The van der Waals surface area contributed by atoms with Gasteiger partial charge < -0.3 is 20.4 Å². The third-order valence-electron chi connectivity index (χ3n) is 3.92. The largest absolute Gasteiger partial charge is 0.508 e. The predicted octanol–water partition coefficient (Wildman–Crippen LogP) is 1.93. The minimum Gasteiger partial charge on any atom is -0.508 e. The summed E-state index contributed by atoms with van der Waals surface area (Å²) in [7, 11) is 0. The lowest BCUT2D eigenvalue weighted by Crippen LogP contribution is -2.45. The topological polar surface area (TPSA) is 55.7 Å². The van der Waals surface area contributed by atoms with E-state index in [1.165, 1.54) is 0 Å². The minimum atomic E-state index is -0.706. The number of nitrogens with one attached hydrogen (secondary N) is 1. The summed E-state index contributed by atoms with van der Waals surface area (Å²) in [6.45, 7) is 8.63. The second-order valence-corrected chi connectivity index (χ2v) is 6.04. The standard InChI is InChI=1S/C15H23ClN2O2/c1-10-7-14(19)12(8-13(10)16)15(20)11(2)9-18-5-3-17-4-6-18/h7-8,11,15,17,19-20H,3-6,9H2,1-2H3. The van der Waals surface area contributed by atoms with Crippen LogP contribution in [0.4, 0.5) is 0 Å². The van der Waals surface area contributed by atoms with Crippen molar-refractivity contribution in [1.29, 1.82) is 0 Å². The third kappa shape index (κ3) is 3.64. The van der Waals surface area contributed by atoms with Crippen molar-refractivity contribution in [3.63, 3.8) is 0 Å². The maximum atomic E-state index is 10.5. The number of nitrogens with zero attached hydrogens (tertiary/aromatic N) is 1. The molecule has 4 nitrogen and oxygen atoms in total. The van der Waals surface area contributed by atoms with E-state index in [1.807, 2.05) is 13.8 Å². The Kier molecular flexibility index (Phi) is 5.27. The number of aromatic hydroxyl groups is 1. The number of benzene rings is 1. The molecule has 0 spiro atoms. The van der Waals surface area contributed by atoms with Crippen LogP contribution >= 0.6 is 11.6 Å². The van der Waals surface area contributed by atoms with Crippen LogP contribution < -0.4 is 5.32 Å². The van der Waals surface area contributed by atoms with Gasteiger partial charge in [0.1, 0.15) is 5.75 Å². The van der Waals surface area contributed by atoms with Gasteiger partial charge >= 0.3 is 0 Å². The van der Waals surface area contributed by atoms with Gasteiger partial charge in [-0.3, -0.25) is 0 Å². The first kappa shape index (κ1) is 15.6. The molecular weight excluding hydrogens is 276 g/mol. The van der Waals surface area contributed by atoms with E-state index in [9.17, 15) is 10.2 Å². The van der Waals surface area contributed by atoms with Gasteiger partial charge in [-0.2, -0.15) is 0 Å². The lowest BCUT2D eigenvalue weighted by molar-refractivity contribution is 0.0823. The lowest BCUT2D eigenvalue weighted by Gasteiger charge is -2.31. The maximum absolute atomic E-state index is 10.5. The molecular formula is C15H23ClN2O2. The van der Waals surface area contributed by atoms with E-state index in [2.05, 4.69) is 10.2 Å². The Labute approximate surface area is 125 Å². The molecule has 1 aliphatic rings. The highest BCUT2D eigenvalue weighted by Gasteiger charge is 2.23. The smallest absolute Gasteiger partial charge is 0.121 e. The van der Waals surface area contributed by atoms with Gasteiger partial charge in [0.2, 0.25) is 0 Å². The molecule has 3 N–H and O–H groups in total. The van der Waals surface area contributed by atoms with Crippen molar-refractivity contribution < 1.29 is 10.2 Å². The Morgan fingerprint density at radius 3 is 2.65 bits per heavy atom. The molecule has 1 aromatic carbocycles. The van der Waals surface area contributed by atoms with E-state index < -0.39 is 6.10 Å². The van der Waals surface area contributed by atoms with Gasteiger partial charge in [-0.05, 0) is 30.5 Å². The zero-order valence-corrected chi connectivity index (χ0v) is 12.8. The summed E-state index contributed by atoms with van der Waals surface area (Å²) in [5, 5.41) is 24.3. The van der Waals surface area contributed by atoms with Crippen LogP contribution in [0.3, 0.4) is 0 Å². The van der Waals surface area contributed by atoms with Crippen LogP contribution in [0.25, 0.3) is 0 Å². The average molecular weight is 299 g/mol. The summed E-state index contributed by atoms with van der Waals surface area (Å²) in [5.74, 6) is 0.157. The van der Waals surface area contributed by atoms with Crippen LogP contribution in [0, 0.1) is 12.8 Å². The normalized spacial score (nSPS) is 19.8. The van der Waals surface area contributed by atoms with Crippen LogP contribution in [-0.4, -0.2) is 47.8 Å². The molecule has 2 rings (SSSR count). The molecule has 1 heterocycles. The molecule has 1 fully saturated rings. The molecule has 1 saturated heterocycles. The fraction of sp³-hybridized carbons (Fsp3) is 0.600. The number of phenolic OH excluding ortho intramolecular Hbond substituents is 1. The van der Waals surface area contributed by atoms with Gasteiger partial charge in [0.15, 0.2) is 0 Å². The van der Waals surface area contributed by atoms with E-state index in [0.29, 0.717) is 10.6 Å². The van der Waals surface area contributed by atoms with Crippen LogP contribution in [0.15, 0.2) is 12.1 Å². The van der Waals surface area contributed by atoms with Crippen LogP contribution in [0.1, 0.15) is 24.2 Å². The monoisotopic (exact) mass is 298 g/mol. The summed E-state index contributed by atoms with van der Waals surface area (Å²) >= 11 is 6.09. The van der Waals surface area contributed by atoms with Crippen LogP contribution in [0.2, 0.25) is 5.02 Å². The molecule has 20 heavy (non-hydrogen) atoms. The molecule has 2 atom stereocenters. The van der Waals surface area contributed by atoms with Gasteiger partial charge in [-0.15, -0.1) is 0 Å². The number of phenols is 1. The Morgan fingerprint density at radius 1 is 1.35 bits per heavy atom. The molecule has 112 valence electrons. The molecule has 0 aliphatic carbocycles. The molecule has 1 aromatic rings. The number of rotatable bonds is 4. The zero-order chi connectivity index (χ0) is 14.7. The molecule has 5 heteroatoms. The molecule has 0 bridgehead atoms. The number of aliphatic hydroxyl groups excluding tert-OH is 1. The summed E-state index contributed by atoms with van der Waals surface area (Å²) in [6, 6.07) is 3.28. The van der Waals surface area contributed by atoms with Gasteiger partial charge in [0, 0.05) is 43.3 Å². The van der Waals surface area contributed by atoms with Gasteiger partial charge in [-0.25, -0.2) is 0 Å². The SMILES string of the molecule is Cc1cc(O)c(C(O)C(C)CN2CCNCC2)cc1Cl. The van der Waals surface area contributed by atoms with Gasteiger partial charge in [-0.1, -0.05) is 18.5 Å². The molecule has 0 amide bonds. The fourth-order valence-corrected chi connectivity index (χ4v) is 2.80. The molecule has 2 unspecified atom stereocenters. The lowest BCUT2D eigenvalue weighted by atomic mass is 9.95. The van der Waals surface area contributed by atoms with Gasteiger partial charge in [0.05, 0.1) is 6.10 Å². The number of hydrogen-bond acceptors (Lipinski definition) is 4. The quantitative estimate of drug-likeness (QED) is 0.795. The number of halogens is 1. The first-order valence-electron chi connectivity index (χ1n) is 7.09. The highest BCUT2D eigenvalue weighted by Crippen LogP contribution is 2.33. The number of aliphatic hydroxyl groups is 1. The van der Waals surface area contributed by atoms with Crippen molar-refractivity contribution in [1.82, 2.24) is 10.2 Å². The van der Waals surface area contributed by atoms with E-state index in [0.717, 1.165) is 38.3 Å². The highest BCUT2D eigenvalue weighted by molar-refractivity contribution is 6.31. The van der Waals surface area contributed by atoms with Gasteiger partial charge in [0.25, 0.3) is 0 Å². The number of aryl methyl sites for hydroxylation is 1. The number of piperazine rings is 1. The third-order valence-corrected chi connectivity index (χ3v) is 4.33. The maximum Gasteiger partial charge on any atom is 0.121 e. The summed E-state index contributed by atoms with van der Waals surface area (Å²) < 4.78 is 0. The van der Waals surface area contributed by atoms with E-state index in [1.54, 1.807) is 12.1 Å². The summed E-state index contributed by atoms with van der Waals surface area (Å²) in [5.41, 5.74) is 1.33. The first-order chi connectivity index (χ1) is 9.49. The van der Waals surface area contributed by atoms with Crippen molar-refractivity contribution in [3.8, 4) is 5.75 Å². The van der Waals surface area contributed by atoms with Crippen molar-refractivity contribution >= 4 is 11.6 Å². The van der Waals surface area contributed by atoms with Crippen LogP contribution in [-0.2, 0) is 0 Å². The average Bonchev–Trinajstić information content (AvgIpc) is 2.43. The highest BCUT2D eigenvalue weighted by atomic mass is 35.5. The second-order valence-electron chi connectivity index (χ2n) is 5.63. The first-order valence-corrected chi connectivity index (χ1v) is 7.47. The minimum absolute atomic E-state index is 0.0396. The number of hydrogen-bond donors (Lipinski definition) is 3. The Hall–Kier alpha value is -0.810. The van der Waals surface area contributed by atoms with Crippen molar-refractivity contribution in [2.75, 3.05) is 32.7 Å².